The largest absolute Gasteiger partial charge is 0.390 e. The van der Waals surface area contributed by atoms with Gasteiger partial charge in [0.25, 0.3) is 0 Å². The highest BCUT2D eigenvalue weighted by Crippen LogP contribution is 2.21. The van der Waals surface area contributed by atoms with Crippen LogP contribution in [0.25, 0.3) is 0 Å². The van der Waals surface area contributed by atoms with Crippen LogP contribution in [0.1, 0.15) is 59.3 Å². The summed E-state index contributed by atoms with van der Waals surface area (Å²) in [5.74, 6) is 0.301. The van der Waals surface area contributed by atoms with Gasteiger partial charge in [-0.25, -0.2) is 0 Å². The van der Waals surface area contributed by atoms with E-state index in [0.717, 1.165) is 25.7 Å². The molecular weight excluding hydrogens is 164 g/mol. The standard InChI is InChI=1S/C11H22O2/c1-4-10(12)8-7-9-11(13,5-2)6-3/h13H,4-9H2,1-3H3. The van der Waals surface area contributed by atoms with Crippen molar-refractivity contribution in [1.82, 2.24) is 0 Å². The van der Waals surface area contributed by atoms with Crippen LogP contribution in [0.2, 0.25) is 0 Å². The van der Waals surface area contributed by atoms with Crippen molar-refractivity contribution in [3.05, 3.63) is 0 Å². The van der Waals surface area contributed by atoms with E-state index in [-0.39, 0.29) is 0 Å². The third kappa shape index (κ3) is 5.04. The van der Waals surface area contributed by atoms with E-state index in [9.17, 15) is 9.90 Å². The zero-order valence-electron chi connectivity index (χ0n) is 9.10. The summed E-state index contributed by atoms with van der Waals surface area (Å²) in [6, 6.07) is 0. The van der Waals surface area contributed by atoms with Crippen LogP contribution in [0.15, 0.2) is 0 Å². The number of hydrogen-bond donors (Lipinski definition) is 1. The van der Waals surface area contributed by atoms with E-state index in [0.29, 0.717) is 18.6 Å². The highest BCUT2D eigenvalue weighted by Gasteiger charge is 2.21. The van der Waals surface area contributed by atoms with Gasteiger partial charge in [0.15, 0.2) is 0 Å². The monoisotopic (exact) mass is 186 g/mol. The summed E-state index contributed by atoms with van der Waals surface area (Å²) in [6.07, 6.45) is 4.39. The Hall–Kier alpha value is -0.370. The molecule has 0 aromatic heterocycles. The van der Waals surface area contributed by atoms with Gasteiger partial charge in [-0.15, -0.1) is 0 Å². The molecule has 0 heterocycles. The molecule has 0 spiro atoms. The molecule has 0 amide bonds. The molecule has 0 saturated heterocycles. The van der Waals surface area contributed by atoms with Crippen LogP contribution < -0.4 is 0 Å². The van der Waals surface area contributed by atoms with Gasteiger partial charge in [-0.1, -0.05) is 20.8 Å². The van der Waals surface area contributed by atoms with Crippen molar-refractivity contribution < 1.29 is 9.90 Å². The number of carbonyl (C=O) groups is 1. The van der Waals surface area contributed by atoms with Gasteiger partial charge < -0.3 is 5.11 Å². The summed E-state index contributed by atoms with van der Waals surface area (Å²) < 4.78 is 0. The predicted molar refractivity (Wildman–Crippen MR) is 54.7 cm³/mol. The van der Waals surface area contributed by atoms with Crippen molar-refractivity contribution in [2.75, 3.05) is 0 Å². The summed E-state index contributed by atoms with van der Waals surface area (Å²) in [4.78, 5) is 11.0. The Morgan fingerprint density at radius 2 is 1.77 bits per heavy atom. The highest BCUT2D eigenvalue weighted by atomic mass is 16.3. The van der Waals surface area contributed by atoms with Crippen LogP contribution in [0.3, 0.4) is 0 Å². The molecule has 0 aromatic carbocycles. The Morgan fingerprint density at radius 1 is 1.23 bits per heavy atom. The Bertz CT molecular complexity index is 148. The predicted octanol–water partition coefficient (Wildman–Crippen LogP) is 2.69. The van der Waals surface area contributed by atoms with Crippen molar-refractivity contribution in [1.29, 1.82) is 0 Å². The number of Topliss-reactive ketones (excluding diaryl/α,β-unsaturated/α-hetero) is 1. The number of aliphatic hydroxyl groups is 1. The van der Waals surface area contributed by atoms with Gasteiger partial charge in [0, 0.05) is 12.8 Å². The van der Waals surface area contributed by atoms with E-state index in [1.165, 1.54) is 0 Å². The zero-order valence-corrected chi connectivity index (χ0v) is 9.10. The fourth-order valence-electron chi connectivity index (χ4n) is 1.39. The summed E-state index contributed by atoms with van der Waals surface area (Å²) >= 11 is 0. The Morgan fingerprint density at radius 3 is 2.15 bits per heavy atom. The first kappa shape index (κ1) is 12.6. The molecule has 2 nitrogen and oxygen atoms in total. The summed E-state index contributed by atoms with van der Waals surface area (Å²) in [7, 11) is 0. The molecule has 13 heavy (non-hydrogen) atoms. The van der Waals surface area contributed by atoms with E-state index in [4.69, 9.17) is 0 Å². The molecule has 0 bridgehead atoms. The minimum atomic E-state index is -0.534. The fraction of sp³-hybridized carbons (Fsp3) is 0.909. The van der Waals surface area contributed by atoms with Crippen molar-refractivity contribution >= 4 is 5.78 Å². The molecule has 0 aliphatic carbocycles. The maximum atomic E-state index is 11.0. The zero-order chi connectivity index (χ0) is 10.3. The summed E-state index contributed by atoms with van der Waals surface area (Å²) in [6.45, 7) is 5.87. The number of ketones is 1. The summed E-state index contributed by atoms with van der Waals surface area (Å²) in [5, 5.41) is 9.90. The van der Waals surface area contributed by atoms with Gasteiger partial charge in [-0.3, -0.25) is 4.79 Å². The average Bonchev–Trinajstić information content (AvgIpc) is 2.17. The van der Waals surface area contributed by atoms with Gasteiger partial charge in [0.05, 0.1) is 5.60 Å². The van der Waals surface area contributed by atoms with E-state index >= 15 is 0 Å². The molecule has 0 rings (SSSR count). The van der Waals surface area contributed by atoms with Crippen LogP contribution in [-0.4, -0.2) is 16.5 Å². The Kier molecular flexibility index (Phi) is 5.97. The first-order valence-corrected chi connectivity index (χ1v) is 5.32. The quantitative estimate of drug-likeness (QED) is 0.663. The molecule has 1 N–H and O–H groups in total. The molecule has 0 aliphatic heterocycles. The van der Waals surface area contributed by atoms with Crippen LogP contribution in [0.4, 0.5) is 0 Å². The van der Waals surface area contributed by atoms with Gasteiger partial charge in [0.2, 0.25) is 0 Å². The minimum absolute atomic E-state index is 0.301. The van der Waals surface area contributed by atoms with Crippen molar-refractivity contribution in [3.63, 3.8) is 0 Å². The SMILES string of the molecule is CCC(=O)CCCC(O)(CC)CC. The van der Waals surface area contributed by atoms with E-state index in [2.05, 4.69) is 0 Å². The lowest BCUT2D eigenvalue weighted by atomic mass is 9.90. The van der Waals surface area contributed by atoms with Crippen LogP contribution in [0.5, 0.6) is 0 Å². The minimum Gasteiger partial charge on any atom is -0.390 e. The van der Waals surface area contributed by atoms with E-state index in [1.54, 1.807) is 0 Å². The smallest absolute Gasteiger partial charge is 0.132 e. The highest BCUT2D eigenvalue weighted by molar-refractivity contribution is 5.77. The number of hydrogen-bond acceptors (Lipinski definition) is 2. The second kappa shape index (κ2) is 6.14. The molecule has 0 unspecified atom stereocenters. The molecular formula is C11H22O2. The molecule has 0 radical (unpaired) electrons. The van der Waals surface area contributed by atoms with E-state index < -0.39 is 5.60 Å². The second-order valence-electron chi connectivity index (χ2n) is 3.68. The van der Waals surface area contributed by atoms with Gasteiger partial charge >= 0.3 is 0 Å². The summed E-state index contributed by atoms with van der Waals surface area (Å²) in [5.41, 5.74) is -0.534. The third-order valence-electron chi connectivity index (χ3n) is 2.81. The number of rotatable bonds is 7. The first-order valence-electron chi connectivity index (χ1n) is 5.32. The topological polar surface area (TPSA) is 37.3 Å². The lowest BCUT2D eigenvalue weighted by Crippen LogP contribution is -2.26. The normalized spacial score (nSPS) is 11.7. The van der Waals surface area contributed by atoms with Crippen LogP contribution in [-0.2, 0) is 4.79 Å². The maximum Gasteiger partial charge on any atom is 0.132 e. The molecule has 78 valence electrons. The van der Waals surface area contributed by atoms with Gasteiger partial charge in [-0.2, -0.15) is 0 Å². The van der Waals surface area contributed by atoms with Crippen molar-refractivity contribution in [2.45, 2.75) is 64.9 Å². The number of carbonyl (C=O) groups excluding carboxylic acids is 1. The molecule has 0 fully saturated rings. The van der Waals surface area contributed by atoms with E-state index in [1.807, 2.05) is 20.8 Å². The van der Waals surface area contributed by atoms with Gasteiger partial charge in [0.1, 0.15) is 5.78 Å². The molecule has 0 aliphatic rings. The molecule has 0 saturated carbocycles. The molecule has 2 heteroatoms. The van der Waals surface area contributed by atoms with Crippen molar-refractivity contribution in [2.24, 2.45) is 0 Å². The van der Waals surface area contributed by atoms with Gasteiger partial charge in [-0.05, 0) is 25.7 Å². The van der Waals surface area contributed by atoms with Crippen molar-refractivity contribution in [3.8, 4) is 0 Å². The molecule has 0 atom stereocenters. The fourth-order valence-corrected chi connectivity index (χ4v) is 1.39. The first-order chi connectivity index (χ1) is 6.08. The lowest BCUT2D eigenvalue weighted by molar-refractivity contribution is -0.119. The van der Waals surface area contributed by atoms with Crippen LogP contribution in [0, 0.1) is 0 Å². The molecule has 0 aromatic rings. The van der Waals surface area contributed by atoms with Crippen LogP contribution >= 0.6 is 0 Å². The lowest BCUT2D eigenvalue weighted by Gasteiger charge is -2.24. The average molecular weight is 186 g/mol. The Labute approximate surface area is 81.3 Å². The second-order valence-corrected chi connectivity index (χ2v) is 3.68. The third-order valence-corrected chi connectivity index (χ3v) is 2.81. The maximum absolute atomic E-state index is 11.0. The Balaban J connectivity index is 3.67.